The molecule has 1 aromatic carbocycles. The summed E-state index contributed by atoms with van der Waals surface area (Å²) in [6, 6.07) is 6.27. The van der Waals surface area contributed by atoms with Crippen LogP contribution in [0.2, 0.25) is 0 Å². The summed E-state index contributed by atoms with van der Waals surface area (Å²) in [4.78, 5) is 0. The van der Waals surface area contributed by atoms with Crippen LogP contribution in [0.3, 0.4) is 0 Å². The fourth-order valence-electron chi connectivity index (χ4n) is 1.70. The van der Waals surface area contributed by atoms with Gasteiger partial charge in [0, 0.05) is 6.07 Å². The van der Waals surface area contributed by atoms with E-state index in [9.17, 15) is 0 Å². The van der Waals surface area contributed by atoms with Gasteiger partial charge >= 0.3 is 5.89 Å². The Labute approximate surface area is 77.8 Å². The molecule has 0 bridgehead atoms. The number of hydrogen-bond donors (Lipinski definition) is 0. The average molecular weight is 176 g/mol. The molecule has 0 radical (unpaired) electrons. The topological polar surface area (TPSA) is 17.0 Å². The maximum atomic E-state index is 5.61. The van der Waals surface area contributed by atoms with Crippen LogP contribution < -0.4 is 4.57 Å². The van der Waals surface area contributed by atoms with Crippen LogP contribution in [-0.4, -0.2) is 0 Å². The first-order chi connectivity index (χ1) is 6.22. The third-order valence-corrected chi connectivity index (χ3v) is 2.36. The Morgan fingerprint density at radius 3 is 2.77 bits per heavy atom. The molecular weight excluding hydrogens is 162 g/mol. The highest BCUT2D eigenvalue weighted by Gasteiger charge is 2.16. The van der Waals surface area contributed by atoms with Gasteiger partial charge in [-0.05, 0) is 25.5 Å². The van der Waals surface area contributed by atoms with E-state index in [1.165, 1.54) is 11.1 Å². The molecule has 0 amide bonds. The van der Waals surface area contributed by atoms with Crippen LogP contribution in [0.25, 0.3) is 11.1 Å². The Morgan fingerprint density at radius 1 is 1.31 bits per heavy atom. The van der Waals surface area contributed by atoms with Crippen molar-refractivity contribution in [1.82, 2.24) is 0 Å². The summed E-state index contributed by atoms with van der Waals surface area (Å²) >= 11 is 0. The van der Waals surface area contributed by atoms with Crippen molar-refractivity contribution < 1.29 is 8.98 Å². The van der Waals surface area contributed by atoms with Gasteiger partial charge in [-0.1, -0.05) is 6.07 Å². The third kappa shape index (κ3) is 1.22. The van der Waals surface area contributed by atoms with Gasteiger partial charge in [-0.2, -0.15) is 4.57 Å². The minimum absolute atomic E-state index is 0.961. The van der Waals surface area contributed by atoms with Gasteiger partial charge in [-0.15, -0.1) is 0 Å². The molecule has 0 aliphatic carbocycles. The Balaban J connectivity index is 2.80. The Kier molecular flexibility index (Phi) is 1.83. The van der Waals surface area contributed by atoms with E-state index in [1.54, 1.807) is 0 Å². The Morgan fingerprint density at radius 2 is 2.08 bits per heavy atom. The molecule has 0 spiro atoms. The molecule has 2 rings (SSSR count). The first-order valence-corrected chi connectivity index (χ1v) is 4.62. The first-order valence-electron chi connectivity index (χ1n) is 4.62. The summed E-state index contributed by atoms with van der Waals surface area (Å²) in [7, 11) is 0. The lowest BCUT2D eigenvalue weighted by Crippen LogP contribution is -2.33. The van der Waals surface area contributed by atoms with E-state index in [0.717, 1.165) is 18.0 Å². The molecular formula is C11H14NO+. The third-order valence-electron chi connectivity index (χ3n) is 2.36. The Hall–Kier alpha value is -1.31. The zero-order valence-corrected chi connectivity index (χ0v) is 8.29. The van der Waals surface area contributed by atoms with Crippen molar-refractivity contribution in [2.45, 2.75) is 27.3 Å². The molecule has 2 aromatic rings. The lowest BCUT2D eigenvalue weighted by atomic mass is 10.2. The molecule has 0 fully saturated rings. The van der Waals surface area contributed by atoms with Gasteiger partial charge in [-0.3, -0.25) is 0 Å². The van der Waals surface area contributed by atoms with Crippen molar-refractivity contribution in [2.75, 3.05) is 0 Å². The fourth-order valence-corrected chi connectivity index (χ4v) is 1.70. The summed E-state index contributed by atoms with van der Waals surface area (Å²) in [5.41, 5.74) is 3.44. The van der Waals surface area contributed by atoms with Crippen LogP contribution >= 0.6 is 0 Å². The summed E-state index contributed by atoms with van der Waals surface area (Å²) in [6.07, 6.45) is 0. The highest BCUT2D eigenvalue weighted by Crippen LogP contribution is 2.14. The minimum Gasteiger partial charge on any atom is -0.402 e. The lowest BCUT2D eigenvalue weighted by Gasteiger charge is -1.89. The predicted octanol–water partition coefficient (Wildman–Crippen LogP) is 2.36. The van der Waals surface area contributed by atoms with Crippen LogP contribution in [0.5, 0.6) is 0 Å². The smallest absolute Gasteiger partial charge is 0.344 e. The highest BCUT2D eigenvalue weighted by molar-refractivity contribution is 5.69. The van der Waals surface area contributed by atoms with E-state index in [1.807, 2.05) is 13.0 Å². The molecule has 0 saturated heterocycles. The lowest BCUT2D eigenvalue weighted by molar-refractivity contribution is -0.679. The molecule has 1 heterocycles. The van der Waals surface area contributed by atoms with Gasteiger partial charge in [-0.25, -0.2) is 0 Å². The van der Waals surface area contributed by atoms with Gasteiger partial charge in [0.15, 0.2) is 0 Å². The SMILES string of the molecule is CC[n+]1c(C)oc2ccc(C)cc21. The number of aromatic nitrogens is 1. The fraction of sp³-hybridized carbons (Fsp3) is 0.364. The number of nitrogens with zero attached hydrogens (tertiary/aromatic N) is 1. The number of fused-ring (bicyclic) bond motifs is 1. The molecule has 0 N–H and O–H groups in total. The van der Waals surface area contributed by atoms with E-state index >= 15 is 0 Å². The zero-order valence-electron chi connectivity index (χ0n) is 8.29. The van der Waals surface area contributed by atoms with Crippen molar-refractivity contribution in [3.63, 3.8) is 0 Å². The summed E-state index contributed by atoms with van der Waals surface area (Å²) in [5, 5.41) is 0. The normalized spacial score (nSPS) is 11.0. The molecule has 1 aromatic heterocycles. The molecule has 2 nitrogen and oxygen atoms in total. The second-order valence-electron chi connectivity index (χ2n) is 3.34. The molecule has 13 heavy (non-hydrogen) atoms. The van der Waals surface area contributed by atoms with Gasteiger partial charge in [0.2, 0.25) is 5.58 Å². The molecule has 0 atom stereocenters. The maximum Gasteiger partial charge on any atom is 0.344 e. The van der Waals surface area contributed by atoms with Crippen molar-refractivity contribution in [3.05, 3.63) is 29.7 Å². The largest absolute Gasteiger partial charge is 0.402 e. The number of oxazole rings is 1. The highest BCUT2D eigenvalue weighted by atomic mass is 16.3. The van der Waals surface area contributed by atoms with Crippen molar-refractivity contribution in [1.29, 1.82) is 0 Å². The van der Waals surface area contributed by atoms with E-state index < -0.39 is 0 Å². The van der Waals surface area contributed by atoms with Crippen molar-refractivity contribution in [2.24, 2.45) is 0 Å². The molecule has 0 unspecified atom stereocenters. The number of rotatable bonds is 1. The standard InChI is InChI=1S/C11H14NO/c1-4-12-9(3)13-11-6-5-8(2)7-10(11)12/h5-7H,4H2,1-3H3/q+1. The number of aryl methyl sites for hydroxylation is 3. The van der Waals surface area contributed by atoms with Gasteiger partial charge in [0.25, 0.3) is 5.52 Å². The maximum absolute atomic E-state index is 5.61. The molecule has 0 aliphatic heterocycles. The summed E-state index contributed by atoms with van der Waals surface area (Å²) in [5.74, 6) is 0.975. The predicted molar refractivity (Wildman–Crippen MR) is 51.6 cm³/mol. The summed E-state index contributed by atoms with van der Waals surface area (Å²) < 4.78 is 7.79. The van der Waals surface area contributed by atoms with Gasteiger partial charge in [0.1, 0.15) is 6.54 Å². The second-order valence-corrected chi connectivity index (χ2v) is 3.34. The quantitative estimate of drug-likeness (QED) is 0.609. The van der Waals surface area contributed by atoms with Crippen LogP contribution in [0.4, 0.5) is 0 Å². The van der Waals surface area contributed by atoms with Crippen LogP contribution in [0, 0.1) is 13.8 Å². The van der Waals surface area contributed by atoms with Crippen LogP contribution in [0.1, 0.15) is 18.4 Å². The van der Waals surface area contributed by atoms with Crippen LogP contribution in [0.15, 0.2) is 22.6 Å². The Bertz CT molecular complexity index is 443. The molecule has 0 aliphatic rings. The number of hydrogen-bond acceptors (Lipinski definition) is 1. The van der Waals surface area contributed by atoms with Crippen LogP contribution in [-0.2, 0) is 6.54 Å². The van der Waals surface area contributed by atoms with E-state index in [4.69, 9.17) is 4.42 Å². The molecule has 68 valence electrons. The average Bonchev–Trinajstić information content (AvgIpc) is 2.40. The summed E-state index contributed by atoms with van der Waals surface area (Å²) in [6.45, 7) is 7.19. The van der Waals surface area contributed by atoms with Crippen molar-refractivity contribution >= 4 is 11.1 Å². The van der Waals surface area contributed by atoms with E-state index in [0.29, 0.717) is 0 Å². The minimum atomic E-state index is 0.961. The second kappa shape index (κ2) is 2.87. The monoisotopic (exact) mass is 176 g/mol. The first kappa shape index (κ1) is 8.30. The van der Waals surface area contributed by atoms with E-state index in [2.05, 4.69) is 30.5 Å². The van der Waals surface area contributed by atoms with E-state index in [-0.39, 0.29) is 0 Å². The van der Waals surface area contributed by atoms with Gasteiger partial charge < -0.3 is 4.42 Å². The molecule has 2 heteroatoms. The molecule has 0 saturated carbocycles. The van der Waals surface area contributed by atoms with Crippen molar-refractivity contribution in [3.8, 4) is 0 Å². The van der Waals surface area contributed by atoms with Gasteiger partial charge in [0.05, 0.1) is 6.92 Å². The number of benzene rings is 1. The zero-order chi connectivity index (χ0) is 9.42.